The number of H-pyrrole nitrogens is 2. The van der Waals surface area contributed by atoms with E-state index >= 15 is 0 Å². The topological polar surface area (TPSA) is 77.8 Å². The summed E-state index contributed by atoms with van der Waals surface area (Å²) in [7, 11) is -2.18. The van der Waals surface area contributed by atoms with Gasteiger partial charge >= 0.3 is 209 Å². The molecule has 0 fully saturated rings. The van der Waals surface area contributed by atoms with Gasteiger partial charge in [0.2, 0.25) is 0 Å². The van der Waals surface area contributed by atoms with Crippen LogP contribution < -0.4 is 32.3 Å². The van der Waals surface area contributed by atoms with Crippen LogP contribution in [0.25, 0.3) is 10.8 Å². The number of hydrogen-bond acceptors (Lipinski definition) is 3. The van der Waals surface area contributed by atoms with Crippen LogP contribution in [0.3, 0.4) is 0 Å². The summed E-state index contributed by atoms with van der Waals surface area (Å²) < 4.78 is 0. The summed E-state index contributed by atoms with van der Waals surface area (Å²) in [4.78, 5) is 24.3. The third kappa shape index (κ3) is 7.83. The Morgan fingerprint density at radius 2 is 0.978 bits per heavy atom. The molecule has 0 spiro atoms. The Hall–Kier alpha value is -3.95. The summed E-state index contributed by atoms with van der Waals surface area (Å²) in [5.74, 6) is 0. The third-order valence-electron chi connectivity index (χ3n) is 9.25. The van der Waals surface area contributed by atoms with Crippen LogP contribution in [0.15, 0.2) is 101 Å². The zero-order valence-electron chi connectivity index (χ0n) is 27.0. The van der Waals surface area contributed by atoms with E-state index in [1.54, 1.807) is 6.07 Å². The Balaban J connectivity index is 1.13. The number of rotatable bonds is 15. The molecule has 1 aromatic heterocycles. The van der Waals surface area contributed by atoms with E-state index in [0.717, 1.165) is 25.1 Å². The van der Waals surface area contributed by atoms with Crippen LogP contribution in [0.4, 0.5) is 5.69 Å². The maximum atomic E-state index is 12.3. The van der Waals surface area contributed by atoms with E-state index in [1.165, 1.54) is 77.3 Å². The molecule has 0 aliphatic rings. The molecule has 5 rings (SSSR count). The van der Waals surface area contributed by atoms with Crippen molar-refractivity contribution in [1.82, 2.24) is 10.2 Å². The number of hydrogen-bond donors (Lipinski definition) is 3. The van der Waals surface area contributed by atoms with Gasteiger partial charge in [-0.25, -0.2) is 0 Å². The van der Waals surface area contributed by atoms with Crippen LogP contribution >= 0.6 is 7.26 Å². The molecule has 5 aromatic rings. The first-order chi connectivity index (χ1) is 21.9. The van der Waals surface area contributed by atoms with Gasteiger partial charge in [0.1, 0.15) is 0 Å². The van der Waals surface area contributed by atoms with Crippen LogP contribution in [0.1, 0.15) is 68.1 Å². The fourth-order valence-electron chi connectivity index (χ4n) is 6.62. The first kappa shape index (κ1) is 32.4. The maximum absolute atomic E-state index is 12.3. The molecule has 0 bridgehead atoms. The molecule has 5 nitrogen and oxygen atoms in total. The second-order valence-electron chi connectivity index (χ2n) is 12.6. The van der Waals surface area contributed by atoms with Crippen molar-refractivity contribution in [3.63, 3.8) is 0 Å². The molecule has 0 aliphatic carbocycles. The van der Waals surface area contributed by atoms with Crippen molar-refractivity contribution in [2.45, 2.75) is 72.1 Å². The van der Waals surface area contributed by atoms with E-state index in [1.807, 2.05) is 12.1 Å². The predicted octanol–water partition coefficient (Wildman–Crippen LogP) is 7.40. The Morgan fingerprint density at radius 3 is 1.49 bits per heavy atom. The minimum atomic E-state index is -2.18. The summed E-state index contributed by atoms with van der Waals surface area (Å²) in [5.41, 5.74) is 4.11. The second-order valence-corrected chi connectivity index (χ2v) is 16.7. The number of fused-ring (bicyclic) bond motifs is 1. The van der Waals surface area contributed by atoms with E-state index in [-0.39, 0.29) is 11.1 Å². The van der Waals surface area contributed by atoms with Crippen LogP contribution in [0, 0.1) is 20.8 Å². The molecular formula is C39H48N3O2P. The summed E-state index contributed by atoms with van der Waals surface area (Å²) >= 11 is 0. The first-order valence-corrected chi connectivity index (χ1v) is 18.8. The monoisotopic (exact) mass is 621 g/mol. The van der Waals surface area contributed by atoms with E-state index in [0.29, 0.717) is 10.8 Å². The molecule has 0 saturated heterocycles. The Bertz CT molecular complexity index is 1680. The molecule has 6 heteroatoms. The van der Waals surface area contributed by atoms with Crippen LogP contribution in [0.2, 0.25) is 0 Å². The summed E-state index contributed by atoms with van der Waals surface area (Å²) in [6, 6.07) is 33.5. The fourth-order valence-corrected chi connectivity index (χ4v) is 11.5. The Kier molecular flexibility index (Phi) is 11.1. The van der Waals surface area contributed by atoms with Gasteiger partial charge < -0.3 is 0 Å². The van der Waals surface area contributed by atoms with Gasteiger partial charge in [-0.2, -0.15) is 0 Å². The molecule has 0 unspecified atom stereocenters. The number of aromatic amines is 2. The van der Waals surface area contributed by atoms with Gasteiger partial charge in [0, 0.05) is 0 Å². The van der Waals surface area contributed by atoms with Crippen molar-refractivity contribution < 1.29 is 0 Å². The number of anilines is 1. The molecule has 45 heavy (non-hydrogen) atoms. The number of benzene rings is 4. The SMILES string of the molecule is Cc1ccc([PH](CCCCCCCCCCNc2cccc3c(=O)[nH][nH]c(=O)c23)(c2ccc(C)cc2)c2ccc(C)cc2)cc1. The summed E-state index contributed by atoms with van der Waals surface area (Å²) in [5, 5.41) is 13.6. The average molecular weight is 622 g/mol. The van der Waals surface area contributed by atoms with E-state index in [2.05, 4.69) is 109 Å². The zero-order valence-corrected chi connectivity index (χ0v) is 28.0. The Labute approximate surface area is 267 Å². The molecule has 0 saturated carbocycles. The van der Waals surface area contributed by atoms with Gasteiger partial charge in [0.15, 0.2) is 0 Å². The number of nitrogens with one attached hydrogen (secondary N) is 3. The second kappa shape index (κ2) is 15.4. The molecule has 3 N–H and O–H groups in total. The van der Waals surface area contributed by atoms with Gasteiger partial charge in [-0.3, -0.25) is 19.8 Å². The molecular weight excluding hydrogens is 573 g/mol. The molecule has 0 atom stereocenters. The molecule has 0 radical (unpaired) electrons. The van der Waals surface area contributed by atoms with Gasteiger partial charge in [0.05, 0.1) is 10.8 Å². The molecule has 4 aromatic carbocycles. The van der Waals surface area contributed by atoms with E-state index in [9.17, 15) is 9.59 Å². The number of aromatic nitrogens is 2. The van der Waals surface area contributed by atoms with Gasteiger partial charge in [-0.1, -0.05) is 6.07 Å². The van der Waals surface area contributed by atoms with E-state index < -0.39 is 7.26 Å². The van der Waals surface area contributed by atoms with Crippen molar-refractivity contribution >= 4 is 39.6 Å². The first-order valence-electron chi connectivity index (χ1n) is 16.6. The molecule has 1 heterocycles. The standard InChI is InChI=1S/C39H48N3O2P/c1-29-15-21-32(22-16-29)45(33-23-17-30(2)18-24-33,34-25-19-31(3)20-26-34)28-11-9-7-5-4-6-8-10-27-40-36-14-12-13-35-37(36)39(44)42-41-38(35)43/h12-26,40,45H,4-11,27-28H2,1-3H3,(H,41,43)(H,42,44). The average Bonchev–Trinajstić information content (AvgIpc) is 3.05. The van der Waals surface area contributed by atoms with Gasteiger partial charge in [-0.05, 0) is 12.1 Å². The van der Waals surface area contributed by atoms with Crippen LogP contribution in [-0.2, 0) is 0 Å². The van der Waals surface area contributed by atoms with Crippen molar-refractivity contribution in [1.29, 1.82) is 0 Å². The quantitative estimate of drug-likeness (QED) is 0.0842. The summed E-state index contributed by atoms with van der Waals surface area (Å²) in [6.45, 7) is 7.32. The van der Waals surface area contributed by atoms with Crippen LogP contribution in [0.5, 0.6) is 0 Å². The third-order valence-corrected chi connectivity index (χ3v) is 14.3. The molecule has 0 amide bonds. The molecule has 236 valence electrons. The number of unbranched alkanes of at least 4 members (excludes halogenated alkanes) is 7. The van der Waals surface area contributed by atoms with Crippen molar-refractivity contribution in [3.05, 3.63) is 128 Å². The van der Waals surface area contributed by atoms with Gasteiger partial charge in [0.25, 0.3) is 11.1 Å². The zero-order chi connectivity index (χ0) is 31.6. The van der Waals surface area contributed by atoms with Gasteiger partial charge in [-0.15, -0.1) is 0 Å². The van der Waals surface area contributed by atoms with Crippen LogP contribution in [-0.4, -0.2) is 22.9 Å². The predicted molar refractivity (Wildman–Crippen MR) is 196 cm³/mol. The fraction of sp³-hybridized carbons (Fsp3) is 0.333. The van der Waals surface area contributed by atoms with Crippen molar-refractivity contribution in [2.24, 2.45) is 0 Å². The van der Waals surface area contributed by atoms with Crippen molar-refractivity contribution in [2.75, 3.05) is 18.0 Å². The van der Waals surface area contributed by atoms with E-state index in [4.69, 9.17) is 0 Å². The molecule has 0 aliphatic heterocycles. The minimum absolute atomic E-state index is 0.274. The number of aryl methyl sites for hydroxylation is 3. The Morgan fingerprint density at radius 1 is 0.533 bits per heavy atom. The normalized spacial score (nSPS) is 12.0. The van der Waals surface area contributed by atoms with Crippen molar-refractivity contribution in [3.8, 4) is 0 Å². The summed E-state index contributed by atoms with van der Waals surface area (Å²) in [6.07, 6.45) is 10.9.